The lowest BCUT2D eigenvalue weighted by molar-refractivity contribution is -0.379. The van der Waals surface area contributed by atoms with Crippen LogP contribution in [0.5, 0.6) is 0 Å². The van der Waals surface area contributed by atoms with Gasteiger partial charge in [-0.2, -0.15) is 0 Å². The summed E-state index contributed by atoms with van der Waals surface area (Å²) in [5.41, 5.74) is 3.89. The van der Waals surface area contributed by atoms with Crippen LogP contribution in [0.25, 0.3) is 0 Å². The van der Waals surface area contributed by atoms with Crippen LogP contribution in [-0.4, -0.2) is 11.9 Å². The van der Waals surface area contributed by atoms with E-state index in [-0.39, 0.29) is 0 Å². The molecule has 0 aliphatic heterocycles. The van der Waals surface area contributed by atoms with Crippen molar-refractivity contribution in [1.82, 2.24) is 0 Å². The highest BCUT2D eigenvalue weighted by Gasteiger charge is 2.10. The van der Waals surface area contributed by atoms with E-state index >= 15 is 0 Å². The van der Waals surface area contributed by atoms with Gasteiger partial charge >= 0.3 is 0 Å². The van der Waals surface area contributed by atoms with Gasteiger partial charge in [-0.25, -0.2) is 0 Å². The Bertz CT molecular complexity index is 71.7. The molecule has 0 aromatic carbocycles. The number of hydrogen-bond donors (Lipinski definition) is 1. The van der Waals surface area contributed by atoms with Gasteiger partial charge < -0.3 is 5.73 Å². The highest BCUT2D eigenvalue weighted by Crippen LogP contribution is 2.15. The minimum absolute atomic E-state index is 0.367. The second-order valence-electron chi connectivity index (χ2n) is 2.80. The minimum atomic E-state index is 0.367. The molecule has 0 bridgehead atoms. The fourth-order valence-electron chi connectivity index (χ4n) is 1.02. The zero-order valence-corrected chi connectivity index (χ0v) is 7.82. The second kappa shape index (κ2) is 5.99. The Balaban J connectivity index is 3.41. The maximum absolute atomic E-state index is 5.99. The monoisotopic (exact) mass is 164 g/mol. The summed E-state index contributed by atoms with van der Waals surface area (Å²) in [6.07, 6.45) is 3.43. The number of hydrogen-bond acceptors (Lipinski definition) is 0. The molecule has 10 heavy (non-hydrogen) atoms. The molecule has 0 saturated carbocycles. The smallest absolute Gasteiger partial charge is 0.0768 e. The average Bonchev–Trinajstić information content (AvgIpc) is 1.99. The third-order valence-corrected chi connectivity index (χ3v) is 2.50. The minimum Gasteiger partial charge on any atom is -0.357 e. The first-order chi connectivity index (χ1) is 4.74. The van der Waals surface area contributed by atoms with Gasteiger partial charge in [0.15, 0.2) is 0 Å². The molecule has 0 saturated heterocycles. The molecule has 3 N–H and O–H groups in total. The van der Waals surface area contributed by atoms with Crippen LogP contribution in [0.1, 0.15) is 33.1 Å². The molecular weight excluding hydrogens is 146 g/mol. The van der Waals surface area contributed by atoms with Crippen LogP contribution in [-0.2, 0) is 0 Å². The van der Waals surface area contributed by atoms with Gasteiger partial charge in [0.2, 0.25) is 0 Å². The molecule has 0 aromatic heterocycles. The van der Waals surface area contributed by atoms with E-state index in [2.05, 4.69) is 19.6 Å². The first-order valence-electron chi connectivity index (χ1n) is 4.17. The van der Waals surface area contributed by atoms with Crippen LogP contribution in [0.15, 0.2) is 0 Å². The summed E-state index contributed by atoms with van der Waals surface area (Å²) in [6.45, 7) is 5.36. The maximum Gasteiger partial charge on any atom is 0.0768 e. The van der Waals surface area contributed by atoms with Crippen molar-refractivity contribution in [2.45, 2.75) is 38.5 Å². The highest BCUT2D eigenvalue weighted by atomic mass is 35.5. The first kappa shape index (κ1) is 10.2. The van der Waals surface area contributed by atoms with Crippen molar-refractivity contribution < 1.29 is 5.73 Å². The van der Waals surface area contributed by atoms with Crippen LogP contribution in [0.2, 0.25) is 0 Å². The van der Waals surface area contributed by atoms with Crippen LogP contribution < -0.4 is 5.73 Å². The molecule has 0 heterocycles. The first-order valence-corrected chi connectivity index (χ1v) is 4.61. The molecule has 2 atom stereocenters. The zero-order chi connectivity index (χ0) is 7.98. The fourth-order valence-corrected chi connectivity index (χ4v) is 1.27. The third-order valence-electron chi connectivity index (χ3n) is 2.02. The molecule has 0 fully saturated rings. The van der Waals surface area contributed by atoms with Gasteiger partial charge in [0, 0.05) is 11.3 Å². The highest BCUT2D eigenvalue weighted by molar-refractivity contribution is 6.20. The van der Waals surface area contributed by atoms with E-state index in [1.54, 1.807) is 0 Å². The molecule has 2 heteroatoms. The quantitative estimate of drug-likeness (QED) is 0.599. The van der Waals surface area contributed by atoms with Gasteiger partial charge in [0.1, 0.15) is 0 Å². The SMILES string of the molecule is CCC(Cl)CC(CC)C[NH3+]. The molecule has 0 radical (unpaired) electrons. The lowest BCUT2D eigenvalue weighted by atomic mass is 10.00. The number of rotatable bonds is 5. The van der Waals surface area contributed by atoms with Crippen molar-refractivity contribution in [3.63, 3.8) is 0 Å². The van der Waals surface area contributed by atoms with Gasteiger partial charge in [-0.15, -0.1) is 11.6 Å². The number of alkyl halides is 1. The van der Waals surface area contributed by atoms with E-state index in [9.17, 15) is 0 Å². The predicted molar refractivity (Wildman–Crippen MR) is 46.1 cm³/mol. The van der Waals surface area contributed by atoms with E-state index < -0.39 is 0 Å². The van der Waals surface area contributed by atoms with Crippen molar-refractivity contribution in [2.24, 2.45) is 5.92 Å². The Labute approximate surface area is 68.9 Å². The van der Waals surface area contributed by atoms with Gasteiger partial charge in [0.25, 0.3) is 0 Å². The predicted octanol–water partition coefficient (Wildman–Crippen LogP) is 1.66. The van der Waals surface area contributed by atoms with E-state index in [1.807, 2.05) is 0 Å². The van der Waals surface area contributed by atoms with Crippen molar-refractivity contribution in [3.05, 3.63) is 0 Å². The van der Waals surface area contributed by atoms with E-state index in [4.69, 9.17) is 11.6 Å². The summed E-state index contributed by atoms with van der Waals surface area (Å²) < 4.78 is 0. The number of quaternary nitrogens is 1. The Morgan fingerprint density at radius 2 is 1.90 bits per heavy atom. The second-order valence-corrected chi connectivity index (χ2v) is 3.42. The lowest BCUT2D eigenvalue weighted by Gasteiger charge is -2.12. The van der Waals surface area contributed by atoms with Gasteiger partial charge in [-0.1, -0.05) is 13.8 Å². The van der Waals surface area contributed by atoms with E-state index in [0.29, 0.717) is 5.38 Å². The molecular formula is C8H19ClN+. The summed E-state index contributed by atoms with van der Waals surface area (Å²) in [7, 11) is 0. The van der Waals surface area contributed by atoms with Crippen molar-refractivity contribution >= 4 is 11.6 Å². The zero-order valence-electron chi connectivity index (χ0n) is 7.07. The molecule has 0 spiro atoms. The summed E-state index contributed by atoms with van der Waals surface area (Å²) in [5, 5.41) is 0.367. The summed E-state index contributed by atoms with van der Waals surface area (Å²) in [6, 6.07) is 0. The number of halogens is 1. The fraction of sp³-hybridized carbons (Fsp3) is 1.00. The summed E-state index contributed by atoms with van der Waals surface area (Å²) >= 11 is 5.99. The molecule has 2 unspecified atom stereocenters. The summed E-state index contributed by atoms with van der Waals surface area (Å²) in [4.78, 5) is 0. The molecule has 62 valence electrons. The van der Waals surface area contributed by atoms with Gasteiger partial charge in [0.05, 0.1) is 6.54 Å². The Kier molecular flexibility index (Phi) is 6.14. The largest absolute Gasteiger partial charge is 0.357 e. The maximum atomic E-state index is 5.99. The Hall–Kier alpha value is 0.250. The summed E-state index contributed by atoms with van der Waals surface area (Å²) in [5.74, 6) is 0.738. The Morgan fingerprint density at radius 1 is 1.30 bits per heavy atom. The lowest BCUT2D eigenvalue weighted by Crippen LogP contribution is -2.53. The van der Waals surface area contributed by atoms with Crippen molar-refractivity contribution in [1.29, 1.82) is 0 Å². The standard InChI is InChI=1S/C8H18ClN/c1-3-7(6-10)5-8(9)4-2/h7-8H,3-6,10H2,1-2H3/p+1. The van der Waals surface area contributed by atoms with Crippen LogP contribution in [0.3, 0.4) is 0 Å². The third kappa shape index (κ3) is 4.13. The Morgan fingerprint density at radius 3 is 2.20 bits per heavy atom. The molecule has 0 amide bonds. The van der Waals surface area contributed by atoms with E-state index in [0.717, 1.165) is 25.3 Å². The normalized spacial score (nSPS) is 16.8. The van der Waals surface area contributed by atoms with Crippen LogP contribution in [0.4, 0.5) is 0 Å². The molecule has 0 aromatic rings. The van der Waals surface area contributed by atoms with E-state index in [1.165, 1.54) is 6.42 Å². The molecule has 0 aliphatic rings. The van der Waals surface area contributed by atoms with Crippen LogP contribution in [0, 0.1) is 5.92 Å². The van der Waals surface area contributed by atoms with Crippen molar-refractivity contribution in [3.8, 4) is 0 Å². The average molecular weight is 165 g/mol. The molecule has 1 nitrogen and oxygen atoms in total. The molecule has 0 aliphatic carbocycles. The topological polar surface area (TPSA) is 27.6 Å². The van der Waals surface area contributed by atoms with Gasteiger partial charge in [-0.3, -0.25) is 0 Å². The molecule has 0 rings (SSSR count). The van der Waals surface area contributed by atoms with Crippen molar-refractivity contribution in [2.75, 3.05) is 6.54 Å². The van der Waals surface area contributed by atoms with Crippen LogP contribution >= 0.6 is 11.6 Å². The van der Waals surface area contributed by atoms with Gasteiger partial charge in [-0.05, 0) is 19.3 Å².